The van der Waals surface area contributed by atoms with Gasteiger partial charge in [0.2, 0.25) is 0 Å². The predicted octanol–water partition coefficient (Wildman–Crippen LogP) is 3.69. The summed E-state index contributed by atoms with van der Waals surface area (Å²) in [6.07, 6.45) is -4.31. The summed E-state index contributed by atoms with van der Waals surface area (Å²) >= 11 is 0. The van der Waals surface area contributed by atoms with Gasteiger partial charge in [-0.1, -0.05) is 48.5 Å². The molecule has 0 fully saturated rings. The first-order valence-electron chi connectivity index (χ1n) is 9.64. The normalized spacial score (nSPS) is 12.3. The van der Waals surface area contributed by atoms with Gasteiger partial charge in [-0.3, -0.25) is 4.99 Å². The van der Waals surface area contributed by atoms with Crippen LogP contribution in [0.15, 0.2) is 53.5 Å². The number of rotatable bonds is 9. The maximum atomic E-state index is 12.1. The SMILES string of the molecule is CN=C(NCc1ccc(COCC(F)(F)F)cc1)NCc1cccc(CN(C)C)c1. The van der Waals surface area contributed by atoms with E-state index in [0.29, 0.717) is 24.6 Å². The first-order valence-corrected chi connectivity index (χ1v) is 9.64. The summed E-state index contributed by atoms with van der Waals surface area (Å²) in [6.45, 7) is 0.776. The molecule has 30 heavy (non-hydrogen) atoms. The molecule has 0 aliphatic heterocycles. The van der Waals surface area contributed by atoms with E-state index in [1.165, 1.54) is 11.1 Å². The van der Waals surface area contributed by atoms with Crippen LogP contribution in [-0.4, -0.2) is 44.8 Å². The second-order valence-electron chi connectivity index (χ2n) is 7.26. The van der Waals surface area contributed by atoms with Gasteiger partial charge < -0.3 is 20.3 Å². The fraction of sp³-hybridized carbons (Fsp3) is 0.409. The Hall–Kier alpha value is -2.58. The molecule has 0 heterocycles. The van der Waals surface area contributed by atoms with Crippen LogP contribution in [0.3, 0.4) is 0 Å². The average molecular weight is 422 g/mol. The van der Waals surface area contributed by atoms with Crippen LogP contribution in [0, 0.1) is 0 Å². The molecule has 2 rings (SSSR count). The van der Waals surface area contributed by atoms with Gasteiger partial charge in [0.05, 0.1) is 6.61 Å². The highest BCUT2D eigenvalue weighted by Gasteiger charge is 2.27. The number of nitrogens with one attached hydrogen (secondary N) is 2. The van der Waals surface area contributed by atoms with Gasteiger partial charge in [0.15, 0.2) is 5.96 Å². The lowest BCUT2D eigenvalue weighted by Gasteiger charge is -2.14. The van der Waals surface area contributed by atoms with E-state index >= 15 is 0 Å². The van der Waals surface area contributed by atoms with Crippen molar-refractivity contribution in [3.05, 3.63) is 70.8 Å². The highest BCUT2D eigenvalue weighted by atomic mass is 19.4. The van der Waals surface area contributed by atoms with E-state index in [2.05, 4.69) is 43.5 Å². The average Bonchev–Trinajstić information content (AvgIpc) is 2.68. The number of ether oxygens (including phenoxy) is 1. The molecule has 164 valence electrons. The largest absolute Gasteiger partial charge is 0.411 e. The van der Waals surface area contributed by atoms with E-state index in [9.17, 15) is 13.2 Å². The first kappa shape index (κ1) is 23.7. The Morgan fingerprint density at radius 3 is 2.13 bits per heavy atom. The summed E-state index contributed by atoms with van der Waals surface area (Å²) in [4.78, 5) is 6.36. The van der Waals surface area contributed by atoms with E-state index < -0.39 is 12.8 Å². The van der Waals surface area contributed by atoms with Crippen LogP contribution in [0.2, 0.25) is 0 Å². The molecule has 0 saturated carbocycles. The molecule has 0 aliphatic carbocycles. The fourth-order valence-corrected chi connectivity index (χ4v) is 2.83. The van der Waals surface area contributed by atoms with Crippen LogP contribution < -0.4 is 10.6 Å². The molecule has 0 amide bonds. The molecule has 2 aromatic rings. The zero-order valence-electron chi connectivity index (χ0n) is 17.6. The summed E-state index contributed by atoms with van der Waals surface area (Å²) in [5.74, 6) is 0.672. The topological polar surface area (TPSA) is 48.9 Å². The van der Waals surface area contributed by atoms with Gasteiger partial charge in [-0.15, -0.1) is 0 Å². The molecule has 2 aromatic carbocycles. The van der Waals surface area contributed by atoms with Crippen molar-refractivity contribution in [1.29, 1.82) is 0 Å². The first-order chi connectivity index (χ1) is 14.2. The van der Waals surface area contributed by atoms with Crippen molar-refractivity contribution in [3.63, 3.8) is 0 Å². The zero-order chi connectivity index (χ0) is 22.0. The lowest BCUT2D eigenvalue weighted by Crippen LogP contribution is -2.36. The highest BCUT2D eigenvalue weighted by molar-refractivity contribution is 5.79. The molecule has 0 spiro atoms. The summed E-state index contributed by atoms with van der Waals surface area (Å²) in [7, 11) is 5.79. The minimum absolute atomic E-state index is 0.0661. The van der Waals surface area contributed by atoms with Gasteiger partial charge in [0.25, 0.3) is 0 Å². The molecule has 5 nitrogen and oxygen atoms in total. The zero-order valence-corrected chi connectivity index (χ0v) is 17.6. The third-order valence-corrected chi connectivity index (χ3v) is 4.19. The van der Waals surface area contributed by atoms with Gasteiger partial charge >= 0.3 is 6.18 Å². The number of aliphatic imine (C=N–C) groups is 1. The molecule has 0 aliphatic rings. The van der Waals surface area contributed by atoms with Crippen molar-refractivity contribution in [2.24, 2.45) is 4.99 Å². The Balaban J connectivity index is 1.79. The third-order valence-electron chi connectivity index (χ3n) is 4.19. The maximum absolute atomic E-state index is 12.1. The summed E-state index contributed by atoms with van der Waals surface area (Å²) in [6, 6.07) is 15.6. The van der Waals surface area contributed by atoms with Gasteiger partial charge in [-0.05, 0) is 36.3 Å². The van der Waals surface area contributed by atoms with E-state index in [0.717, 1.165) is 12.1 Å². The van der Waals surface area contributed by atoms with Crippen molar-refractivity contribution < 1.29 is 17.9 Å². The maximum Gasteiger partial charge on any atom is 0.411 e. The van der Waals surface area contributed by atoms with Crippen LogP contribution in [0.1, 0.15) is 22.3 Å². The minimum Gasteiger partial charge on any atom is -0.367 e. The number of alkyl halides is 3. The van der Waals surface area contributed by atoms with Crippen molar-refractivity contribution in [3.8, 4) is 0 Å². The van der Waals surface area contributed by atoms with Crippen LogP contribution >= 0.6 is 0 Å². The quantitative estimate of drug-likeness (QED) is 0.478. The molecule has 0 radical (unpaired) electrons. The van der Waals surface area contributed by atoms with E-state index in [-0.39, 0.29) is 6.61 Å². The Labute approximate surface area is 176 Å². The lowest BCUT2D eigenvalue weighted by atomic mass is 10.1. The van der Waals surface area contributed by atoms with Crippen LogP contribution in [0.25, 0.3) is 0 Å². The summed E-state index contributed by atoms with van der Waals surface area (Å²) in [5.41, 5.74) is 4.11. The molecular formula is C22H29F3N4O. The number of nitrogens with zero attached hydrogens (tertiary/aromatic N) is 2. The fourth-order valence-electron chi connectivity index (χ4n) is 2.83. The number of halogens is 3. The molecule has 8 heteroatoms. The minimum atomic E-state index is -4.31. The monoisotopic (exact) mass is 422 g/mol. The van der Waals surface area contributed by atoms with Gasteiger partial charge in [0, 0.05) is 26.7 Å². The number of guanidine groups is 1. The summed E-state index contributed by atoms with van der Waals surface area (Å²) in [5, 5.41) is 6.52. The molecule has 0 aromatic heterocycles. The van der Waals surface area contributed by atoms with Crippen LogP contribution in [0.4, 0.5) is 13.2 Å². The van der Waals surface area contributed by atoms with Gasteiger partial charge in [-0.25, -0.2) is 0 Å². The Morgan fingerprint density at radius 1 is 0.933 bits per heavy atom. The predicted molar refractivity (Wildman–Crippen MR) is 113 cm³/mol. The van der Waals surface area contributed by atoms with E-state index in [1.54, 1.807) is 19.2 Å². The molecule has 0 atom stereocenters. The number of hydrogen-bond donors (Lipinski definition) is 2. The van der Waals surface area contributed by atoms with E-state index in [1.807, 2.05) is 32.3 Å². The third kappa shape index (κ3) is 9.28. The van der Waals surface area contributed by atoms with Crippen LogP contribution in [0.5, 0.6) is 0 Å². The second-order valence-corrected chi connectivity index (χ2v) is 7.26. The number of benzene rings is 2. The molecule has 0 bridgehead atoms. The highest BCUT2D eigenvalue weighted by Crippen LogP contribution is 2.16. The van der Waals surface area contributed by atoms with Crippen molar-refractivity contribution in [2.45, 2.75) is 32.4 Å². The van der Waals surface area contributed by atoms with Crippen molar-refractivity contribution in [2.75, 3.05) is 27.7 Å². The van der Waals surface area contributed by atoms with E-state index in [4.69, 9.17) is 0 Å². The van der Waals surface area contributed by atoms with Gasteiger partial charge in [0.1, 0.15) is 6.61 Å². The van der Waals surface area contributed by atoms with Crippen LogP contribution in [-0.2, 0) is 31.0 Å². The summed E-state index contributed by atoms with van der Waals surface area (Å²) < 4.78 is 41.0. The molecule has 0 unspecified atom stereocenters. The number of hydrogen-bond acceptors (Lipinski definition) is 3. The Morgan fingerprint density at radius 2 is 1.53 bits per heavy atom. The van der Waals surface area contributed by atoms with Gasteiger partial charge in [-0.2, -0.15) is 13.2 Å². The Bertz CT molecular complexity index is 805. The Kier molecular flexibility index (Phi) is 9.14. The molecular weight excluding hydrogens is 393 g/mol. The molecule has 0 saturated heterocycles. The smallest absolute Gasteiger partial charge is 0.367 e. The molecule has 2 N–H and O–H groups in total. The second kappa shape index (κ2) is 11.6. The van der Waals surface area contributed by atoms with Crippen molar-refractivity contribution in [1.82, 2.24) is 15.5 Å². The van der Waals surface area contributed by atoms with Crippen molar-refractivity contribution >= 4 is 5.96 Å². The standard InChI is InChI=1S/C22H29F3N4O/c1-26-21(28-13-19-5-4-6-20(11-19)14-29(2)3)27-12-17-7-9-18(10-8-17)15-30-16-22(23,24)25/h4-11H,12-16H2,1-3H3,(H2,26,27,28). The lowest BCUT2D eigenvalue weighted by molar-refractivity contribution is -0.176.